The summed E-state index contributed by atoms with van der Waals surface area (Å²) in [5, 5.41) is 14.7. The zero-order chi connectivity index (χ0) is 49.6. The van der Waals surface area contributed by atoms with Gasteiger partial charge in [-0.15, -0.1) is 0 Å². The molecule has 1 fully saturated rings. The highest BCUT2D eigenvalue weighted by Gasteiger charge is 2.61. The molecule has 1 saturated heterocycles. The number of piperazine rings is 1. The van der Waals surface area contributed by atoms with E-state index < -0.39 is 83.8 Å². The van der Waals surface area contributed by atoms with Gasteiger partial charge in [-0.3, -0.25) is 9.80 Å². The molecule has 0 saturated carbocycles. The minimum Gasteiger partial charge on any atom is -0.490 e. The Morgan fingerprint density at radius 1 is 0.884 bits per heavy atom. The third-order valence-electron chi connectivity index (χ3n) is 13.1. The summed E-state index contributed by atoms with van der Waals surface area (Å²) in [6.45, 7) is 15.1. The van der Waals surface area contributed by atoms with Gasteiger partial charge in [0.05, 0.1) is 31.8 Å². The number of rotatable bonds is 16. The lowest BCUT2D eigenvalue weighted by Gasteiger charge is -2.60. The second-order valence-electron chi connectivity index (χ2n) is 18.0. The number of hydrogen-bond acceptors (Lipinski definition) is 14. The molecule has 4 aromatic carbocycles. The number of carbonyl (C=O) groups excluding carboxylic acids is 1. The van der Waals surface area contributed by atoms with Crippen molar-refractivity contribution in [2.24, 2.45) is 0 Å². The number of amides is 1. The first kappa shape index (κ1) is 49.6. The van der Waals surface area contributed by atoms with Crippen LogP contribution in [0.3, 0.4) is 0 Å². The SMILES string of the molecule is C=CCOC(=O)N1[C@@H]2c3c(cc(OS(=O)(=O)C(F)(F)F)c(OC)c3OCOC)C[C@H]1[C@@H](O)N1[C@@H](CO[Si](c3ccccc3)(c3ccccc3)C(C)(C)C)c3c(c(OCC=C)c(C)c4c3OCO4)C[C@@H]21. The molecule has 4 aliphatic heterocycles. The van der Waals surface area contributed by atoms with Crippen molar-refractivity contribution in [2.45, 2.75) is 81.5 Å². The van der Waals surface area contributed by atoms with Gasteiger partial charge >= 0.3 is 21.7 Å². The standard InChI is InChI=1S/C49H55F3N2O13SSi/c1-9-21-61-41-29(3)42-45(65-28-64-42)39-33(41)25-34-40-38-30(24-37(67-68(57,58)49(50,51)52)43(60-8)44(38)63-27-59-7)23-35(54(40)47(56)62-22-10-2)46(55)53(34)36(39)26-66-69(48(4,5)6,31-17-13-11-14-18-31)32-19-15-12-16-20-32/h9-20,24,34-36,40,46,55H,1-2,21-23,25-28H2,3-8H3/t34-,35-,36-,40-,46+/m0/s1. The van der Waals surface area contributed by atoms with Crippen molar-refractivity contribution in [1.29, 1.82) is 0 Å². The van der Waals surface area contributed by atoms with Crippen LogP contribution in [0, 0.1) is 6.92 Å². The zero-order valence-electron chi connectivity index (χ0n) is 39.0. The number of nitrogens with zero attached hydrogens (tertiary/aromatic N) is 2. The summed E-state index contributed by atoms with van der Waals surface area (Å²) in [5.74, 6) is -0.276. The number of halogens is 3. The lowest BCUT2D eigenvalue weighted by Crippen LogP contribution is -2.71. The summed E-state index contributed by atoms with van der Waals surface area (Å²) < 4.78 is 121. The van der Waals surface area contributed by atoms with E-state index in [1.807, 2.05) is 48.2 Å². The smallest absolute Gasteiger partial charge is 0.490 e. The molecule has 0 spiro atoms. The Balaban J connectivity index is 1.41. The van der Waals surface area contributed by atoms with Crippen LogP contribution in [0.25, 0.3) is 0 Å². The number of carbonyl (C=O) groups is 1. The first-order chi connectivity index (χ1) is 32.9. The number of hydrogen-bond donors (Lipinski definition) is 1. The molecule has 5 atom stereocenters. The van der Waals surface area contributed by atoms with Crippen LogP contribution < -0.4 is 38.2 Å². The minimum atomic E-state index is -6.23. The third kappa shape index (κ3) is 8.47. The molecule has 4 heterocycles. The van der Waals surface area contributed by atoms with E-state index in [0.29, 0.717) is 33.9 Å². The van der Waals surface area contributed by atoms with Crippen molar-refractivity contribution in [3.05, 3.63) is 120 Å². The van der Waals surface area contributed by atoms with Gasteiger partial charge in [-0.25, -0.2) is 4.79 Å². The maximum absolute atomic E-state index is 14.6. The van der Waals surface area contributed by atoms with E-state index in [9.17, 15) is 31.5 Å². The van der Waals surface area contributed by atoms with Gasteiger partial charge in [-0.1, -0.05) is 107 Å². The minimum absolute atomic E-state index is 0.0424. The molecule has 15 nitrogen and oxygen atoms in total. The van der Waals surface area contributed by atoms with Crippen LogP contribution >= 0.6 is 0 Å². The van der Waals surface area contributed by atoms with Crippen molar-refractivity contribution in [3.63, 3.8) is 0 Å². The van der Waals surface area contributed by atoms with E-state index in [4.69, 9.17) is 41.8 Å². The number of benzene rings is 4. The van der Waals surface area contributed by atoms with Gasteiger partial charge in [-0.05, 0) is 46.8 Å². The average Bonchev–Trinajstić information content (AvgIpc) is 3.81. The van der Waals surface area contributed by atoms with E-state index in [1.54, 1.807) is 6.08 Å². The normalized spacial score (nSPS) is 20.8. The Labute approximate surface area is 400 Å². The van der Waals surface area contributed by atoms with Crippen molar-refractivity contribution in [1.82, 2.24) is 9.80 Å². The predicted molar refractivity (Wildman–Crippen MR) is 249 cm³/mol. The maximum Gasteiger partial charge on any atom is 0.534 e. The van der Waals surface area contributed by atoms with E-state index in [0.717, 1.165) is 23.5 Å². The molecule has 2 bridgehead atoms. The quantitative estimate of drug-likeness (QED) is 0.0403. The lowest BCUT2D eigenvalue weighted by molar-refractivity contribution is -0.174. The van der Waals surface area contributed by atoms with Crippen LogP contribution in [0.2, 0.25) is 5.04 Å². The number of methoxy groups -OCH3 is 2. The van der Waals surface area contributed by atoms with Gasteiger partial charge in [0.1, 0.15) is 25.2 Å². The number of aliphatic hydroxyl groups excluding tert-OH is 1. The highest BCUT2D eigenvalue weighted by molar-refractivity contribution is 7.88. The van der Waals surface area contributed by atoms with Crippen LogP contribution in [-0.4, -0.2) is 109 Å². The summed E-state index contributed by atoms with van der Waals surface area (Å²) in [4.78, 5) is 17.9. The highest BCUT2D eigenvalue weighted by Crippen LogP contribution is 2.60. The van der Waals surface area contributed by atoms with Gasteiger partial charge in [0.25, 0.3) is 8.32 Å². The summed E-state index contributed by atoms with van der Waals surface area (Å²) >= 11 is 0. The molecule has 4 aliphatic rings. The van der Waals surface area contributed by atoms with Gasteiger partial charge in [0.15, 0.2) is 29.8 Å². The molecule has 69 heavy (non-hydrogen) atoms. The van der Waals surface area contributed by atoms with Crippen LogP contribution in [0.15, 0.2) is 92.0 Å². The highest BCUT2D eigenvalue weighted by atomic mass is 32.2. The van der Waals surface area contributed by atoms with Crippen molar-refractivity contribution in [2.75, 3.05) is 47.6 Å². The Kier molecular flexibility index (Phi) is 13.8. The molecule has 1 amide bonds. The molecule has 0 radical (unpaired) electrons. The fourth-order valence-corrected chi connectivity index (χ4v) is 15.5. The lowest BCUT2D eigenvalue weighted by atomic mass is 9.73. The first-order valence-corrected chi connectivity index (χ1v) is 25.5. The van der Waals surface area contributed by atoms with E-state index in [2.05, 4.69) is 58.2 Å². The summed E-state index contributed by atoms with van der Waals surface area (Å²) in [6.07, 6.45) is 0.399. The Morgan fingerprint density at radius 3 is 2.10 bits per heavy atom. The van der Waals surface area contributed by atoms with E-state index in [-0.39, 0.29) is 56.3 Å². The summed E-state index contributed by atoms with van der Waals surface area (Å²) in [6, 6.07) is 17.0. The Bertz CT molecular complexity index is 2660. The van der Waals surface area contributed by atoms with Gasteiger partial charge < -0.3 is 46.9 Å². The molecular weight excluding hydrogens is 942 g/mol. The molecule has 0 aromatic heterocycles. The van der Waals surface area contributed by atoms with Crippen molar-refractivity contribution < 1.29 is 73.3 Å². The number of fused-ring (bicyclic) bond motifs is 9. The van der Waals surface area contributed by atoms with Crippen LogP contribution in [0.5, 0.6) is 34.5 Å². The third-order valence-corrected chi connectivity index (χ3v) is 19.1. The number of aliphatic hydroxyl groups is 1. The fraction of sp³-hybridized carbons (Fsp3) is 0.408. The second kappa shape index (κ2) is 19.2. The molecular formula is C49H55F3N2O13SSi. The fourth-order valence-electron chi connectivity index (χ4n) is 10.5. The Morgan fingerprint density at radius 2 is 1.52 bits per heavy atom. The molecule has 8 rings (SSSR count). The van der Waals surface area contributed by atoms with Gasteiger partial charge in [0, 0.05) is 35.4 Å². The first-order valence-electron chi connectivity index (χ1n) is 22.2. The largest absolute Gasteiger partial charge is 0.534 e. The van der Waals surface area contributed by atoms with Gasteiger partial charge in [-0.2, -0.15) is 21.6 Å². The Hall–Kier alpha value is -5.77. The monoisotopic (exact) mass is 996 g/mol. The maximum atomic E-state index is 14.6. The van der Waals surface area contributed by atoms with Crippen LogP contribution in [0.1, 0.15) is 60.7 Å². The summed E-state index contributed by atoms with van der Waals surface area (Å²) in [7, 11) is -7.14. The number of ether oxygens (including phenoxy) is 7. The van der Waals surface area contributed by atoms with E-state index >= 15 is 0 Å². The van der Waals surface area contributed by atoms with Crippen molar-refractivity contribution >= 4 is 34.9 Å². The molecule has 20 heteroatoms. The van der Waals surface area contributed by atoms with Crippen molar-refractivity contribution in [3.8, 4) is 34.5 Å². The second-order valence-corrected chi connectivity index (χ2v) is 23.8. The van der Waals surface area contributed by atoms with Crippen LogP contribution in [0.4, 0.5) is 18.0 Å². The molecule has 0 aliphatic carbocycles. The molecule has 4 aromatic rings. The molecule has 0 unspecified atom stereocenters. The average molecular weight is 997 g/mol. The zero-order valence-corrected chi connectivity index (χ0v) is 40.9. The molecule has 370 valence electrons. The van der Waals surface area contributed by atoms with Crippen LogP contribution in [-0.2, 0) is 36.9 Å². The topological polar surface area (TPSA) is 161 Å². The number of alkyl halides is 3. The predicted octanol–water partition coefficient (Wildman–Crippen LogP) is 6.98. The van der Waals surface area contributed by atoms with E-state index in [1.165, 1.54) is 18.1 Å². The molecule has 1 N–H and O–H groups in total. The summed E-state index contributed by atoms with van der Waals surface area (Å²) in [5.41, 5.74) is -3.48. The van der Waals surface area contributed by atoms with Gasteiger partial charge in [0.2, 0.25) is 12.5 Å².